The molecule has 2 heteroatoms. The average Bonchev–Trinajstić information content (AvgIpc) is 3.89. The summed E-state index contributed by atoms with van der Waals surface area (Å²) in [4.78, 5) is 2.36. The summed E-state index contributed by atoms with van der Waals surface area (Å²) in [5.41, 5.74) is 16.8. The van der Waals surface area contributed by atoms with Gasteiger partial charge in [0.2, 0.25) is 0 Å². The van der Waals surface area contributed by atoms with Gasteiger partial charge in [0.05, 0.1) is 5.41 Å². The Bertz CT molecular complexity index is 3290. The molecule has 63 heavy (non-hydrogen) atoms. The Labute approximate surface area is 367 Å². The maximum Gasteiger partial charge on any atom is 0.140 e. The van der Waals surface area contributed by atoms with Crippen LogP contribution in [0.15, 0.2) is 253 Å². The highest BCUT2D eigenvalue weighted by atomic mass is 16.3. The third kappa shape index (κ3) is 6.10. The van der Waals surface area contributed by atoms with Crippen LogP contribution in [0, 0.1) is 0 Å². The Hall–Kier alpha value is -8.20. The molecular weight excluding hydrogens is 763 g/mol. The topological polar surface area (TPSA) is 16.4 Å². The molecule has 0 radical (unpaired) electrons. The number of anilines is 3. The monoisotopic (exact) mass is 803 g/mol. The Morgan fingerprint density at radius 3 is 1.38 bits per heavy atom. The highest BCUT2D eigenvalue weighted by Gasteiger charge is 2.49. The molecule has 0 unspecified atom stereocenters. The zero-order valence-corrected chi connectivity index (χ0v) is 34.5. The SMILES string of the molecule is c1ccc(-c2ccc(N(c3ccc(-c4ccccc4)cc3)c3ccc4cc(-c5ccc6c(c5)C(c5ccccc5)(c5ccccc5)c5c-6oc6ccccc56)ccc4c3)cc2)cc1. The zero-order valence-electron chi connectivity index (χ0n) is 34.5. The molecule has 0 amide bonds. The summed E-state index contributed by atoms with van der Waals surface area (Å²) in [6.07, 6.45) is 0. The van der Waals surface area contributed by atoms with Crippen molar-refractivity contribution in [3.63, 3.8) is 0 Å². The van der Waals surface area contributed by atoms with Crippen molar-refractivity contribution in [3.8, 4) is 44.7 Å². The van der Waals surface area contributed by atoms with Gasteiger partial charge in [-0.3, -0.25) is 0 Å². The highest BCUT2D eigenvalue weighted by Crippen LogP contribution is 2.59. The number of nitrogens with zero attached hydrogens (tertiary/aromatic N) is 1. The third-order valence-electron chi connectivity index (χ3n) is 12.9. The van der Waals surface area contributed by atoms with E-state index in [4.69, 9.17) is 4.42 Å². The molecular formula is C61H41NO. The fourth-order valence-electron chi connectivity index (χ4n) is 9.98. The molecule has 1 aromatic heterocycles. The van der Waals surface area contributed by atoms with Crippen LogP contribution in [0.25, 0.3) is 66.4 Å². The largest absolute Gasteiger partial charge is 0.456 e. The normalized spacial score (nSPS) is 12.6. The molecule has 0 saturated heterocycles. The second-order valence-electron chi connectivity index (χ2n) is 16.5. The summed E-state index contributed by atoms with van der Waals surface area (Å²) < 4.78 is 6.78. The van der Waals surface area contributed by atoms with Gasteiger partial charge in [0.25, 0.3) is 0 Å². The van der Waals surface area contributed by atoms with E-state index in [1.54, 1.807) is 0 Å². The Balaban J connectivity index is 0.964. The Morgan fingerprint density at radius 2 is 0.778 bits per heavy atom. The molecule has 1 aliphatic rings. The van der Waals surface area contributed by atoms with Crippen LogP contribution in [-0.2, 0) is 5.41 Å². The van der Waals surface area contributed by atoms with Crippen LogP contribution in [0.2, 0.25) is 0 Å². The van der Waals surface area contributed by atoms with Crippen LogP contribution in [0.5, 0.6) is 0 Å². The van der Waals surface area contributed by atoms with Crippen LogP contribution in [0.4, 0.5) is 17.1 Å². The molecule has 2 nitrogen and oxygen atoms in total. The summed E-state index contributed by atoms with van der Waals surface area (Å²) >= 11 is 0. The maximum absolute atomic E-state index is 6.78. The lowest BCUT2D eigenvalue weighted by Crippen LogP contribution is -2.28. The van der Waals surface area contributed by atoms with Gasteiger partial charge in [-0.15, -0.1) is 0 Å². The van der Waals surface area contributed by atoms with Crippen molar-refractivity contribution in [1.82, 2.24) is 0 Å². The lowest BCUT2D eigenvalue weighted by Gasteiger charge is -2.33. The molecule has 1 aliphatic carbocycles. The van der Waals surface area contributed by atoms with Crippen molar-refractivity contribution >= 4 is 38.8 Å². The smallest absolute Gasteiger partial charge is 0.140 e. The lowest BCUT2D eigenvalue weighted by molar-refractivity contribution is 0.628. The first-order valence-corrected chi connectivity index (χ1v) is 21.7. The number of fused-ring (bicyclic) bond motifs is 6. The van der Waals surface area contributed by atoms with E-state index in [1.807, 2.05) is 0 Å². The van der Waals surface area contributed by atoms with E-state index in [1.165, 1.54) is 66.4 Å². The third-order valence-corrected chi connectivity index (χ3v) is 12.9. The number of benzene rings is 10. The van der Waals surface area contributed by atoms with E-state index in [9.17, 15) is 0 Å². The molecule has 0 spiro atoms. The standard InChI is InChI=1S/C61H41NO/c1-5-15-42(16-6-1)44-27-33-52(34-28-44)62(53-35-29-45(30-36-53)43-17-7-2-8-18-43)54-37-31-47-39-46(25-26-48(47)40-54)49-32-38-55-57(41-49)61(50-19-9-3-10-20-50,51-21-11-4-12-22-51)59-56-23-13-14-24-58(56)63-60(55)59/h1-41H. The lowest BCUT2D eigenvalue weighted by atomic mass is 9.67. The van der Waals surface area contributed by atoms with Crippen molar-refractivity contribution in [2.45, 2.75) is 5.41 Å². The van der Waals surface area contributed by atoms with Crippen molar-refractivity contribution in [1.29, 1.82) is 0 Å². The van der Waals surface area contributed by atoms with Gasteiger partial charge >= 0.3 is 0 Å². The Morgan fingerprint density at radius 1 is 0.333 bits per heavy atom. The maximum atomic E-state index is 6.78. The van der Waals surface area contributed by atoms with Gasteiger partial charge in [-0.1, -0.05) is 194 Å². The Kier molecular flexibility index (Phi) is 8.76. The summed E-state index contributed by atoms with van der Waals surface area (Å²) in [7, 11) is 0. The van der Waals surface area contributed by atoms with Crippen LogP contribution in [0.3, 0.4) is 0 Å². The van der Waals surface area contributed by atoms with Crippen molar-refractivity contribution in [2.24, 2.45) is 0 Å². The van der Waals surface area contributed by atoms with Gasteiger partial charge < -0.3 is 9.32 Å². The van der Waals surface area contributed by atoms with E-state index in [2.05, 4.69) is 254 Å². The second kappa shape index (κ2) is 15.1. The van der Waals surface area contributed by atoms with E-state index >= 15 is 0 Å². The van der Waals surface area contributed by atoms with Gasteiger partial charge in [0, 0.05) is 33.6 Å². The van der Waals surface area contributed by atoms with E-state index in [-0.39, 0.29) is 0 Å². The van der Waals surface area contributed by atoms with Gasteiger partial charge in [0.15, 0.2) is 0 Å². The van der Waals surface area contributed by atoms with Gasteiger partial charge in [-0.2, -0.15) is 0 Å². The van der Waals surface area contributed by atoms with Crippen molar-refractivity contribution in [3.05, 3.63) is 271 Å². The number of hydrogen-bond donors (Lipinski definition) is 0. The quantitative estimate of drug-likeness (QED) is 0.152. The van der Waals surface area contributed by atoms with E-state index < -0.39 is 5.41 Å². The molecule has 0 N–H and O–H groups in total. The molecule has 0 atom stereocenters. The average molecular weight is 804 g/mol. The molecule has 0 saturated carbocycles. The van der Waals surface area contributed by atoms with Crippen molar-refractivity contribution < 1.29 is 4.42 Å². The minimum absolute atomic E-state index is 0.566. The van der Waals surface area contributed by atoms with Crippen LogP contribution in [0.1, 0.15) is 22.3 Å². The van der Waals surface area contributed by atoms with Crippen LogP contribution >= 0.6 is 0 Å². The van der Waals surface area contributed by atoms with E-state index in [0.717, 1.165) is 39.4 Å². The number of rotatable bonds is 8. The first-order valence-electron chi connectivity index (χ1n) is 21.7. The minimum atomic E-state index is -0.566. The molecule has 0 fully saturated rings. The van der Waals surface area contributed by atoms with Crippen LogP contribution in [-0.4, -0.2) is 0 Å². The molecule has 296 valence electrons. The number of furan rings is 1. The summed E-state index contributed by atoms with van der Waals surface area (Å²) in [6, 6.07) is 90.0. The zero-order chi connectivity index (χ0) is 41.7. The molecule has 11 aromatic rings. The van der Waals surface area contributed by atoms with Gasteiger partial charge in [-0.05, 0) is 115 Å². The minimum Gasteiger partial charge on any atom is -0.456 e. The second-order valence-corrected chi connectivity index (χ2v) is 16.5. The number of para-hydroxylation sites is 1. The predicted octanol–water partition coefficient (Wildman–Crippen LogP) is 16.4. The highest BCUT2D eigenvalue weighted by molar-refractivity contribution is 5.99. The number of hydrogen-bond acceptors (Lipinski definition) is 2. The molecule has 10 aromatic carbocycles. The molecule has 0 aliphatic heterocycles. The summed E-state index contributed by atoms with van der Waals surface area (Å²) in [5, 5.41) is 3.51. The predicted molar refractivity (Wildman–Crippen MR) is 262 cm³/mol. The van der Waals surface area contributed by atoms with E-state index in [0.29, 0.717) is 0 Å². The fraction of sp³-hybridized carbons (Fsp3) is 0.0164. The van der Waals surface area contributed by atoms with Gasteiger partial charge in [-0.25, -0.2) is 0 Å². The summed E-state index contributed by atoms with van der Waals surface area (Å²) in [5.74, 6) is 0.950. The first-order chi connectivity index (χ1) is 31.2. The van der Waals surface area contributed by atoms with Crippen LogP contribution < -0.4 is 4.90 Å². The summed E-state index contributed by atoms with van der Waals surface area (Å²) in [6.45, 7) is 0. The molecule has 12 rings (SSSR count). The van der Waals surface area contributed by atoms with Gasteiger partial charge in [0.1, 0.15) is 11.3 Å². The fourth-order valence-corrected chi connectivity index (χ4v) is 9.98. The first kappa shape index (κ1) is 36.6. The molecule has 0 bridgehead atoms. The van der Waals surface area contributed by atoms with Crippen molar-refractivity contribution in [2.75, 3.05) is 4.90 Å². The molecule has 1 heterocycles.